The van der Waals surface area contributed by atoms with Crippen molar-refractivity contribution in [3.05, 3.63) is 70.2 Å². The summed E-state index contributed by atoms with van der Waals surface area (Å²) in [6.45, 7) is 0.919. The second-order valence-corrected chi connectivity index (χ2v) is 12.9. The summed E-state index contributed by atoms with van der Waals surface area (Å²) < 4.78 is 11.2. The molecule has 2 aliphatic rings. The predicted octanol–water partition coefficient (Wildman–Crippen LogP) is 6.20. The zero-order valence-electron chi connectivity index (χ0n) is 26.5. The first-order valence-corrected chi connectivity index (χ1v) is 16.6. The van der Waals surface area contributed by atoms with Crippen LogP contribution in [0, 0.1) is 0 Å². The van der Waals surface area contributed by atoms with Crippen LogP contribution in [0.4, 0.5) is 0 Å². The van der Waals surface area contributed by atoms with Gasteiger partial charge in [-0.2, -0.15) is 0 Å². The number of aliphatic hydroxyl groups is 1. The maximum atomic E-state index is 11.5. The lowest BCUT2D eigenvalue weighted by Gasteiger charge is -2.36. The van der Waals surface area contributed by atoms with Crippen molar-refractivity contribution >= 4 is 29.1 Å². The summed E-state index contributed by atoms with van der Waals surface area (Å²) >= 11 is 14.1. The van der Waals surface area contributed by atoms with E-state index in [0.29, 0.717) is 75.9 Å². The number of aryl methyl sites for hydroxylation is 1. The van der Waals surface area contributed by atoms with Gasteiger partial charge in [-0.25, -0.2) is 9.97 Å². The number of methoxy groups -OCH3 is 2. The Bertz CT molecular complexity index is 1770. The third-order valence-electron chi connectivity index (χ3n) is 8.93. The molecule has 1 saturated carbocycles. The Morgan fingerprint density at radius 2 is 1.49 bits per heavy atom. The molecule has 4 aromatic rings. The fourth-order valence-corrected chi connectivity index (χ4v) is 6.78. The van der Waals surface area contributed by atoms with Gasteiger partial charge in [0, 0.05) is 47.8 Å². The minimum atomic E-state index is -0.633. The molecule has 1 atom stereocenters. The third-order valence-corrected chi connectivity index (χ3v) is 9.75. The molecular formula is C35H38Cl2N6O4. The molecule has 1 aliphatic heterocycles. The van der Waals surface area contributed by atoms with Crippen LogP contribution in [0.3, 0.4) is 0 Å². The van der Waals surface area contributed by atoms with Crippen LogP contribution in [0.5, 0.6) is 11.8 Å². The van der Waals surface area contributed by atoms with Crippen LogP contribution in [0.25, 0.3) is 33.6 Å². The lowest BCUT2D eigenvalue weighted by Crippen LogP contribution is -2.46. The highest BCUT2D eigenvalue weighted by Gasteiger charge is 2.33. The monoisotopic (exact) mass is 676 g/mol. The summed E-state index contributed by atoms with van der Waals surface area (Å²) in [6.07, 6.45) is 9.95. The fraction of sp³-hybridized carbons (Fsp3) is 0.400. The van der Waals surface area contributed by atoms with Crippen molar-refractivity contribution in [1.29, 1.82) is 0 Å². The Morgan fingerprint density at radius 1 is 0.915 bits per heavy atom. The van der Waals surface area contributed by atoms with Gasteiger partial charge in [0.1, 0.15) is 11.4 Å². The fourth-order valence-electron chi connectivity index (χ4n) is 6.13. The first-order chi connectivity index (χ1) is 22.8. The highest BCUT2D eigenvalue weighted by atomic mass is 35.5. The van der Waals surface area contributed by atoms with Crippen molar-refractivity contribution in [3.8, 4) is 45.4 Å². The molecule has 10 nitrogen and oxygen atoms in total. The van der Waals surface area contributed by atoms with Crippen LogP contribution in [-0.2, 0) is 17.8 Å². The van der Waals surface area contributed by atoms with E-state index in [1.165, 1.54) is 0 Å². The van der Waals surface area contributed by atoms with Gasteiger partial charge in [-0.1, -0.05) is 59.6 Å². The Labute approximate surface area is 284 Å². The van der Waals surface area contributed by atoms with E-state index in [1.54, 1.807) is 26.6 Å². The number of nitrogens with one attached hydrogen (secondary N) is 2. The van der Waals surface area contributed by atoms with E-state index < -0.39 is 5.60 Å². The summed E-state index contributed by atoms with van der Waals surface area (Å²) in [7, 11) is 3.14. The third kappa shape index (κ3) is 7.36. The van der Waals surface area contributed by atoms with Gasteiger partial charge in [-0.15, -0.1) is 0 Å². The number of benzene rings is 2. The van der Waals surface area contributed by atoms with E-state index in [0.717, 1.165) is 55.3 Å². The highest BCUT2D eigenvalue weighted by molar-refractivity contribution is 6.39. The summed E-state index contributed by atoms with van der Waals surface area (Å²) in [5.74, 6) is 0.958. The molecule has 2 aromatic carbocycles. The molecule has 0 unspecified atom stereocenters. The van der Waals surface area contributed by atoms with Gasteiger partial charge in [0.15, 0.2) is 0 Å². The number of hydrogen-bond acceptors (Lipinski definition) is 9. The minimum absolute atomic E-state index is 0.122. The lowest BCUT2D eigenvalue weighted by atomic mass is 9.80. The molecule has 0 bridgehead atoms. The number of ether oxygens (including phenoxy) is 2. The molecule has 6 rings (SSSR count). The van der Waals surface area contributed by atoms with Crippen molar-refractivity contribution < 1.29 is 19.4 Å². The molecule has 2 fully saturated rings. The summed E-state index contributed by atoms with van der Waals surface area (Å²) in [5.41, 5.74) is 4.75. The Hall–Kier alpha value is -3.83. The number of rotatable bonds is 13. The topological polar surface area (TPSA) is 131 Å². The van der Waals surface area contributed by atoms with Gasteiger partial charge in [-0.05, 0) is 44.9 Å². The number of carbonyl (C=O) groups is 1. The maximum Gasteiger partial charge on any atom is 0.237 e. The smallest absolute Gasteiger partial charge is 0.237 e. The molecule has 2 aromatic heterocycles. The van der Waals surface area contributed by atoms with Gasteiger partial charge in [0.25, 0.3) is 0 Å². The van der Waals surface area contributed by atoms with Crippen LogP contribution in [-0.4, -0.2) is 63.4 Å². The molecule has 1 saturated heterocycles. The molecule has 0 spiro atoms. The average Bonchev–Trinajstić information content (AvgIpc) is 3.49. The second-order valence-electron chi connectivity index (χ2n) is 12.1. The van der Waals surface area contributed by atoms with Gasteiger partial charge < -0.3 is 25.2 Å². The predicted molar refractivity (Wildman–Crippen MR) is 182 cm³/mol. The molecule has 1 amide bonds. The van der Waals surface area contributed by atoms with Crippen molar-refractivity contribution in [2.45, 2.75) is 69.6 Å². The minimum Gasteiger partial charge on any atom is -0.480 e. The lowest BCUT2D eigenvalue weighted by molar-refractivity contribution is -0.119. The van der Waals surface area contributed by atoms with Crippen LogP contribution in [0.1, 0.15) is 56.3 Å². The molecule has 3 heterocycles. The SMILES string of the molecule is COc1nc(-c2cccc(-c3cccc(-c4cnc(CNCC5(O)CCC5)c(OC)n4)c3Cl)c2Cl)cnc1CCC[C@@H]1CCC(=O)N1. The number of halogens is 2. The van der Waals surface area contributed by atoms with E-state index in [-0.39, 0.29) is 11.9 Å². The normalized spacial score (nSPS) is 16.9. The summed E-state index contributed by atoms with van der Waals surface area (Å²) in [5, 5.41) is 17.6. The number of nitrogens with zero attached hydrogens (tertiary/aromatic N) is 4. The van der Waals surface area contributed by atoms with Crippen LogP contribution < -0.4 is 20.1 Å². The maximum absolute atomic E-state index is 11.5. The zero-order valence-corrected chi connectivity index (χ0v) is 28.0. The first kappa shape index (κ1) is 33.1. The second kappa shape index (κ2) is 14.5. The van der Waals surface area contributed by atoms with Crippen LogP contribution >= 0.6 is 23.2 Å². The van der Waals surface area contributed by atoms with E-state index in [2.05, 4.69) is 20.6 Å². The Balaban J connectivity index is 1.22. The molecule has 246 valence electrons. The van der Waals surface area contributed by atoms with Crippen molar-refractivity contribution in [1.82, 2.24) is 30.6 Å². The first-order valence-electron chi connectivity index (χ1n) is 15.9. The number of hydrogen-bond donors (Lipinski definition) is 3. The van der Waals surface area contributed by atoms with E-state index in [9.17, 15) is 9.90 Å². The van der Waals surface area contributed by atoms with E-state index >= 15 is 0 Å². The molecule has 3 N–H and O–H groups in total. The van der Waals surface area contributed by atoms with Crippen LogP contribution in [0.2, 0.25) is 10.0 Å². The van der Waals surface area contributed by atoms with E-state index in [1.807, 2.05) is 36.4 Å². The van der Waals surface area contributed by atoms with E-state index in [4.69, 9.17) is 42.6 Å². The zero-order chi connectivity index (χ0) is 33.0. The number of carbonyl (C=O) groups excluding carboxylic acids is 1. The number of amides is 1. The quantitative estimate of drug-likeness (QED) is 0.151. The Morgan fingerprint density at radius 3 is 2.02 bits per heavy atom. The molecule has 47 heavy (non-hydrogen) atoms. The molecule has 12 heteroatoms. The average molecular weight is 678 g/mol. The number of aromatic nitrogens is 4. The van der Waals surface area contributed by atoms with Crippen molar-refractivity contribution in [2.24, 2.45) is 0 Å². The highest BCUT2D eigenvalue weighted by Crippen LogP contribution is 2.42. The molecule has 1 aliphatic carbocycles. The largest absolute Gasteiger partial charge is 0.480 e. The Kier molecular flexibility index (Phi) is 10.2. The van der Waals surface area contributed by atoms with Crippen molar-refractivity contribution in [2.75, 3.05) is 20.8 Å². The van der Waals surface area contributed by atoms with Gasteiger partial charge in [0.05, 0.1) is 53.6 Å². The van der Waals surface area contributed by atoms with Crippen LogP contribution in [0.15, 0.2) is 48.8 Å². The van der Waals surface area contributed by atoms with Gasteiger partial charge in [0.2, 0.25) is 17.7 Å². The van der Waals surface area contributed by atoms with Gasteiger partial charge >= 0.3 is 0 Å². The summed E-state index contributed by atoms with van der Waals surface area (Å²) in [6, 6.07) is 11.6. The molecule has 0 radical (unpaired) electrons. The standard InChI is InChI=1S/C35H38Cl2N6O4/c1-46-33-26(12-3-7-21-13-14-30(44)41-21)39-18-27(42-33)24-10-4-8-22(31(24)36)23-9-5-11-25(32(23)37)28-19-40-29(34(43-28)47-2)17-38-20-35(45)15-6-16-35/h4-5,8-11,18-19,21,38,45H,3,6-7,12-17,20H2,1-2H3,(H,41,44)/t21-/m1/s1. The molecular weight excluding hydrogens is 639 g/mol. The summed E-state index contributed by atoms with van der Waals surface area (Å²) in [4.78, 5) is 30.3. The van der Waals surface area contributed by atoms with Crippen molar-refractivity contribution in [3.63, 3.8) is 0 Å². The van der Waals surface area contributed by atoms with Gasteiger partial charge in [-0.3, -0.25) is 14.8 Å².